The van der Waals surface area contributed by atoms with Crippen LogP contribution in [0.1, 0.15) is 18.4 Å². The Morgan fingerprint density at radius 1 is 1.11 bits per heavy atom. The van der Waals surface area contributed by atoms with Crippen molar-refractivity contribution in [2.45, 2.75) is 25.4 Å². The van der Waals surface area contributed by atoms with Crippen molar-refractivity contribution in [1.82, 2.24) is 5.32 Å². The molecular weight excluding hydrogens is 358 g/mol. The fourth-order valence-electron chi connectivity index (χ4n) is 3.32. The van der Waals surface area contributed by atoms with E-state index < -0.39 is 12.0 Å². The number of aromatic nitrogens is 1. The highest BCUT2D eigenvalue weighted by atomic mass is 16.5. The van der Waals surface area contributed by atoms with Crippen LogP contribution in [-0.4, -0.2) is 29.6 Å². The lowest BCUT2D eigenvalue weighted by Crippen LogP contribution is -2.37. The number of hydrogen-bond acceptors (Lipinski definition) is 4. The number of benzene rings is 2. The van der Waals surface area contributed by atoms with Crippen LogP contribution >= 0.6 is 0 Å². The fraction of sp³-hybridized carbons (Fsp3) is 0.250. The van der Waals surface area contributed by atoms with E-state index in [-0.39, 0.29) is 5.96 Å². The number of guanidine groups is 1. The lowest BCUT2D eigenvalue weighted by molar-refractivity contribution is -0.547. The zero-order chi connectivity index (χ0) is 20.1. The lowest BCUT2D eigenvalue weighted by atomic mass is 10.0. The van der Waals surface area contributed by atoms with Gasteiger partial charge in [-0.1, -0.05) is 24.3 Å². The van der Waals surface area contributed by atoms with E-state index in [0.29, 0.717) is 37.0 Å². The quantitative estimate of drug-likeness (QED) is 0.115. The number of nitrogens with one attached hydrogen (secondary N) is 1. The minimum Gasteiger partial charge on any atom is -0.618 e. The maximum Gasteiger partial charge on any atom is 0.320 e. The van der Waals surface area contributed by atoms with E-state index in [1.807, 2.05) is 36.4 Å². The third-order valence-electron chi connectivity index (χ3n) is 4.66. The molecule has 146 valence electrons. The number of pyridine rings is 1. The molecule has 6 N–H and O–H groups in total. The SMILES string of the molecule is NC(N)=NCCC[C@H](NCc1c2ccccc2[n+]([O-])c2ccccc12)C(=O)O. The topological polar surface area (TPSA) is 141 Å². The highest BCUT2D eigenvalue weighted by Crippen LogP contribution is 2.24. The second kappa shape index (κ2) is 8.53. The van der Waals surface area contributed by atoms with Crippen LogP contribution in [0.4, 0.5) is 0 Å². The highest BCUT2D eigenvalue weighted by Gasteiger charge is 2.20. The van der Waals surface area contributed by atoms with Gasteiger partial charge in [-0.2, -0.15) is 4.73 Å². The third-order valence-corrected chi connectivity index (χ3v) is 4.66. The number of carboxylic acid groups (broad SMARTS) is 1. The second-order valence-corrected chi connectivity index (χ2v) is 6.53. The predicted octanol–water partition coefficient (Wildman–Crippen LogP) is 1.22. The van der Waals surface area contributed by atoms with Crippen molar-refractivity contribution in [1.29, 1.82) is 0 Å². The van der Waals surface area contributed by atoms with Crippen LogP contribution in [0.25, 0.3) is 21.8 Å². The molecule has 0 saturated carbocycles. The summed E-state index contributed by atoms with van der Waals surface area (Å²) in [5, 5.41) is 26.9. The van der Waals surface area contributed by atoms with Gasteiger partial charge in [0.1, 0.15) is 6.04 Å². The standard InChI is InChI=1S/C20H23N5O3/c21-20(22)23-11-5-8-16(19(26)27)24-12-15-13-6-1-3-9-17(13)25(28)18-10-4-2-7-14(15)18/h1-4,6-7,9-10,16,24H,5,8,11-12H2,(H,26,27)(H4,21,22,23)/t16-/m0/s1. The summed E-state index contributed by atoms with van der Waals surface area (Å²) in [6.07, 6.45) is 0.926. The number of para-hydroxylation sites is 2. The average Bonchev–Trinajstić information content (AvgIpc) is 2.69. The summed E-state index contributed by atoms with van der Waals surface area (Å²) < 4.78 is 0.915. The molecule has 0 unspecified atom stereocenters. The first-order chi connectivity index (χ1) is 13.5. The summed E-state index contributed by atoms with van der Waals surface area (Å²) in [6, 6.07) is 13.9. The summed E-state index contributed by atoms with van der Waals surface area (Å²) in [5.41, 5.74) is 12.6. The third kappa shape index (κ3) is 4.12. The highest BCUT2D eigenvalue weighted by molar-refractivity contribution is 5.94. The van der Waals surface area contributed by atoms with E-state index in [1.165, 1.54) is 0 Å². The van der Waals surface area contributed by atoms with Crippen LogP contribution < -0.4 is 21.5 Å². The van der Waals surface area contributed by atoms with Crippen LogP contribution in [0.3, 0.4) is 0 Å². The van der Waals surface area contributed by atoms with E-state index in [2.05, 4.69) is 10.3 Å². The van der Waals surface area contributed by atoms with Crippen molar-refractivity contribution >= 4 is 33.7 Å². The molecule has 0 aliphatic rings. The zero-order valence-corrected chi connectivity index (χ0v) is 15.3. The normalized spacial score (nSPS) is 12.1. The maximum absolute atomic E-state index is 12.7. The molecular formula is C20H23N5O3. The van der Waals surface area contributed by atoms with E-state index in [4.69, 9.17) is 11.5 Å². The van der Waals surface area contributed by atoms with Crippen LogP contribution in [0.15, 0.2) is 53.5 Å². The molecule has 0 saturated heterocycles. The van der Waals surface area contributed by atoms with Gasteiger partial charge in [0.25, 0.3) is 0 Å². The monoisotopic (exact) mass is 381 g/mol. The van der Waals surface area contributed by atoms with Gasteiger partial charge < -0.3 is 27.1 Å². The van der Waals surface area contributed by atoms with Crippen molar-refractivity contribution < 1.29 is 14.6 Å². The first-order valence-corrected chi connectivity index (χ1v) is 9.02. The van der Waals surface area contributed by atoms with Crippen molar-refractivity contribution in [2.75, 3.05) is 6.54 Å². The van der Waals surface area contributed by atoms with Gasteiger partial charge in [-0.15, -0.1) is 0 Å². The van der Waals surface area contributed by atoms with Gasteiger partial charge in [-0.3, -0.25) is 9.79 Å². The molecule has 8 heteroatoms. The van der Waals surface area contributed by atoms with Gasteiger partial charge in [0, 0.05) is 25.2 Å². The first-order valence-electron chi connectivity index (χ1n) is 9.02. The molecule has 2 aromatic carbocycles. The molecule has 0 bridgehead atoms. The Morgan fingerprint density at radius 3 is 2.21 bits per heavy atom. The lowest BCUT2D eigenvalue weighted by Gasteiger charge is -2.17. The maximum atomic E-state index is 12.7. The van der Waals surface area contributed by atoms with Gasteiger partial charge in [-0.05, 0) is 30.5 Å². The van der Waals surface area contributed by atoms with Gasteiger partial charge in [0.05, 0.1) is 10.8 Å². The molecule has 0 amide bonds. The minimum absolute atomic E-state index is 0.00650. The Bertz CT molecular complexity index is 974. The number of nitrogens with two attached hydrogens (primary N) is 2. The summed E-state index contributed by atoms with van der Waals surface area (Å²) in [4.78, 5) is 15.5. The van der Waals surface area contributed by atoms with E-state index >= 15 is 0 Å². The van der Waals surface area contributed by atoms with Gasteiger partial charge in [0.15, 0.2) is 5.96 Å². The van der Waals surface area contributed by atoms with Crippen LogP contribution in [-0.2, 0) is 11.3 Å². The Kier molecular flexibility index (Phi) is 5.90. The molecule has 8 nitrogen and oxygen atoms in total. The van der Waals surface area contributed by atoms with Gasteiger partial charge >= 0.3 is 5.97 Å². The fourth-order valence-corrected chi connectivity index (χ4v) is 3.32. The number of hydrogen-bond donors (Lipinski definition) is 4. The molecule has 3 rings (SSSR count). The molecule has 0 radical (unpaired) electrons. The van der Waals surface area contributed by atoms with Crippen LogP contribution in [0, 0.1) is 5.21 Å². The van der Waals surface area contributed by atoms with Crippen LogP contribution in [0.2, 0.25) is 0 Å². The average molecular weight is 381 g/mol. The van der Waals surface area contributed by atoms with Crippen molar-refractivity contribution in [3.63, 3.8) is 0 Å². The summed E-state index contributed by atoms with van der Waals surface area (Å²) in [6.45, 7) is 0.697. The van der Waals surface area contributed by atoms with Gasteiger partial charge in [-0.25, -0.2) is 0 Å². The molecule has 0 fully saturated rings. The summed E-state index contributed by atoms with van der Waals surface area (Å²) in [7, 11) is 0. The summed E-state index contributed by atoms with van der Waals surface area (Å²) in [5.74, 6) is -0.943. The molecule has 0 spiro atoms. The number of aliphatic carboxylic acids is 1. The molecule has 1 atom stereocenters. The number of fused-ring (bicyclic) bond motifs is 2. The molecule has 0 aliphatic heterocycles. The number of carboxylic acids is 1. The molecule has 0 aliphatic carbocycles. The molecule has 1 heterocycles. The number of rotatable bonds is 8. The summed E-state index contributed by atoms with van der Waals surface area (Å²) >= 11 is 0. The van der Waals surface area contributed by atoms with Crippen molar-refractivity contribution in [3.05, 3.63) is 59.3 Å². The molecule has 28 heavy (non-hydrogen) atoms. The minimum atomic E-state index is -0.937. The Hall–Kier alpha value is -3.39. The van der Waals surface area contributed by atoms with E-state index in [1.54, 1.807) is 12.1 Å². The number of carbonyl (C=O) groups is 1. The van der Waals surface area contributed by atoms with E-state index in [0.717, 1.165) is 21.1 Å². The Labute approximate surface area is 162 Å². The zero-order valence-electron chi connectivity index (χ0n) is 15.3. The number of nitrogens with zero attached hydrogens (tertiary/aromatic N) is 2. The predicted molar refractivity (Wildman–Crippen MR) is 109 cm³/mol. The first kappa shape index (κ1) is 19.4. The smallest absolute Gasteiger partial charge is 0.320 e. The van der Waals surface area contributed by atoms with Crippen molar-refractivity contribution in [3.8, 4) is 0 Å². The molecule has 3 aromatic rings. The van der Waals surface area contributed by atoms with E-state index in [9.17, 15) is 15.1 Å². The van der Waals surface area contributed by atoms with Crippen molar-refractivity contribution in [2.24, 2.45) is 16.5 Å². The molecule has 1 aromatic heterocycles. The largest absolute Gasteiger partial charge is 0.618 e. The Morgan fingerprint density at radius 2 is 1.68 bits per heavy atom. The van der Waals surface area contributed by atoms with Crippen LogP contribution in [0.5, 0.6) is 0 Å². The second-order valence-electron chi connectivity index (χ2n) is 6.53. The van der Waals surface area contributed by atoms with Gasteiger partial charge in [0.2, 0.25) is 11.0 Å². The Balaban J connectivity index is 1.89. The number of aliphatic imine (C=N–C) groups is 1.